The van der Waals surface area contributed by atoms with Crippen LogP contribution in [0.3, 0.4) is 0 Å². The molecule has 0 aliphatic heterocycles. The van der Waals surface area contributed by atoms with Crippen LogP contribution in [0.2, 0.25) is 0 Å². The minimum atomic E-state index is -4.44. The van der Waals surface area contributed by atoms with Gasteiger partial charge >= 0.3 is 17.9 Å². The third kappa shape index (κ3) is 4.77. The van der Waals surface area contributed by atoms with E-state index < -0.39 is 44.8 Å². The van der Waals surface area contributed by atoms with Crippen molar-refractivity contribution in [1.82, 2.24) is 4.72 Å². The molecule has 1 unspecified atom stereocenters. The van der Waals surface area contributed by atoms with Crippen LogP contribution in [-0.4, -0.2) is 51.7 Å². The summed E-state index contributed by atoms with van der Waals surface area (Å²) in [5.74, 6) is -3.69. The number of ether oxygens (including phenoxy) is 2. The van der Waals surface area contributed by atoms with Gasteiger partial charge in [-0.05, 0) is 24.1 Å². The van der Waals surface area contributed by atoms with E-state index in [4.69, 9.17) is 5.11 Å². The molecule has 0 spiro atoms. The van der Waals surface area contributed by atoms with Gasteiger partial charge in [0.25, 0.3) is 0 Å². The monoisotopic (exact) mass is 373 g/mol. The van der Waals surface area contributed by atoms with Crippen molar-refractivity contribution in [2.45, 2.75) is 24.8 Å². The molecule has 0 bridgehead atoms. The normalized spacial score (nSPS) is 12.5. The number of esters is 2. The van der Waals surface area contributed by atoms with Crippen LogP contribution in [0.5, 0.6) is 0 Å². The van der Waals surface area contributed by atoms with Crippen molar-refractivity contribution in [3.8, 4) is 0 Å². The van der Waals surface area contributed by atoms with Crippen LogP contribution in [0.4, 0.5) is 0 Å². The predicted molar refractivity (Wildman–Crippen MR) is 85.7 cm³/mol. The fraction of sp³-hybridized carbons (Fsp3) is 0.400. The van der Waals surface area contributed by atoms with E-state index in [0.717, 1.165) is 26.4 Å². The summed E-state index contributed by atoms with van der Waals surface area (Å²) in [4.78, 5) is 34.2. The molecule has 1 atom stereocenters. The Kier molecular flexibility index (Phi) is 6.65. The highest BCUT2D eigenvalue weighted by molar-refractivity contribution is 7.89. The molecule has 10 heteroatoms. The molecule has 138 valence electrons. The summed E-state index contributed by atoms with van der Waals surface area (Å²) in [6.45, 7) is 3.04. The highest BCUT2D eigenvalue weighted by Crippen LogP contribution is 2.21. The zero-order chi connectivity index (χ0) is 19.4. The number of aliphatic carboxylic acids is 1. The smallest absolute Gasteiger partial charge is 0.339 e. The standard InChI is InChI=1S/C15H19NO8S/c1-8(2)12(13(17)18)16-25(21,22)11-7-9(14(19)23-3)5-6-10(11)15(20)24-4/h5-8,12,16H,1-4H3,(H,17,18). The van der Waals surface area contributed by atoms with Crippen LogP contribution < -0.4 is 4.72 Å². The fourth-order valence-corrected chi connectivity index (χ4v) is 3.53. The second-order valence-corrected chi connectivity index (χ2v) is 7.06. The lowest BCUT2D eigenvalue weighted by Crippen LogP contribution is -2.44. The molecule has 0 radical (unpaired) electrons. The van der Waals surface area contributed by atoms with Crippen molar-refractivity contribution < 1.29 is 37.4 Å². The molecular formula is C15H19NO8S. The largest absolute Gasteiger partial charge is 0.480 e. The van der Waals surface area contributed by atoms with E-state index in [9.17, 15) is 22.8 Å². The quantitative estimate of drug-likeness (QED) is 0.665. The van der Waals surface area contributed by atoms with E-state index in [1.54, 1.807) is 0 Å². The van der Waals surface area contributed by atoms with Crippen LogP contribution in [-0.2, 0) is 24.3 Å². The number of carbonyl (C=O) groups excluding carboxylic acids is 2. The Balaban J connectivity index is 3.51. The Morgan fingerprint density at radius 1 is 1.08 bits per heavy atom. The lowest BCUT2D eigenvalue weighted by molar-refractivity contribution is -0.140. The van der Waals surface area contributed by atoms with E-state index in [-0.39, 0.29) is 11.1 Å². The van der Waals surface area contributed by atoms with Gasteiger partial charge in [0, 0.05) is 0 Å². The highest BCUT2D eigenvalue weighted by atomic mass is 32.2. The third-order valence-electron chi connectivity index (χ3n) is 3.31. The van der Waals surface area contributed by atoms with Gasteiger partial charge in [-0.3, -0.25) is 4.79 Å². The van der Waals surface area contributed by atoms with Gasteiger partial charge in [0.2, 0.25) is 10.0 Å². The van der Waals surface area contributed by atoms with Crippen molar-refractivity contribution in [1.29, 1.82) is 0 Å². The Labute approximate surface area is 145 Å². The topological polar surface area (TPSA) is 136 Å². The number of sulfonamides is 1. The number of nitrogens with one attached hydrogen (secondary N) is 1. The van der Waals surface area contributed by atoms with Gasteiger partial charge in [-0.25, -0.2) is 18.0 Å². The molecule has 0 aliphatic rings. The summed E-state index contributed by atoms with van der Waals surface area (Å²) in [7, 11) is -2.26. The lowest BCUT2D eigenvalue weighted by atomic mass is 10.1. The number of rotatable bonds is 7. The van der Waals surface area contributed by atoms with E-state index >= 15 is 0 Å². The maximum absolute atomic E-state index is 12.6. The summed E-state index contributed by atoms with van der Waals surface area (Å²) in [6, 6.07) is 1.81. The molecule has 0 aromatic heterocycles. The zero-order valence-corrected chi connectivity index (χ0v) is 14.9. The number of methoxy groups -OCH3 is 2. The molecule has 0 saturated heterocycles. The first-order chi connectivity index (χ1) is 11.5. The van der Waals surface area contributed by atoms with Crippen LogP contribution in [0.1, 0.15) is 34.6 Å². The molecule has 0 amide bonds. The number of carboxylic acids is 1. The Hall–Kier alpha value is -2.46. The van der Waals surface area contributed by atoms with E-state index in [1.807, 2.05) is 4.72 Å². The van der Waals surface area contributed by atoms with Gasteiger partial charge in [-0.1, -0.05) is 13.8 Å². The molecule has 9 nitrogen and oxygen atoms in total. The average Bonchev–Trinajstić information content (AvgIpc) is 2.57. The molecule has 0 aliphatic carbocycles. The van der Waals surface area contributed by atoms with E-state index in [1.165, 1.54) is 19.9 Å². The van der Waals surface area contributed by atoms with Gasteiger partial charge < -0.3 is 14.6 Å². The second-order valence-electron chi connectivity index (χ2n) is 5.38. The SMILES string of the molecule is COC(=O)c1ccc(C(=O)OC)c(S(=O)(=O)NC(C(=O)O)C(C)C)c1. The summed E-state index contributed by atoms with van der Waals surface area (Å²) in [6.07, 6.45) is 0. The number of hydrogen-bond acceptors (Lipinski definition) is 7. The van der Waals surface area contributed by atoms with E-state index in [0.29, 0.717) is 0 Å². The first-order valence-corrected chi connectivity index (χ1v) is 8.59. The Morgan fingerprint density at radius 3 is 2.08 bits per heavy atom. The number of benzene rings is 1. The lowest BCUT2D eigenvalue weighted by Gasteiger charge is -2.19. The molecule has 0 fully saturated rings. The number of carboxylic acid groups (broad SMARTS) is 1. The van der Waals surface area contributed by atoms with Crippen molar-refractivity contribution in [3.63, 3.8) is 0 Å². The molecule has 1 rings (SSSR count). The molecule has 0 saturated carbocycles. The first kappa shape index (κ1) is 20.6. The molecule has 0 heterocycles. The molecule has 1 aromatic rings. The number of hydrogen-bond donors (Lipinski definition) is 2. The van der Waals surface area contributed by atoms with Gasteiger partial charge in [-0.2, -0.15) is 4.72 Å². The summed E-state index contributed by atoms with van der Waals surface area (Å²) in [5, 5.41) is 9.17. The summed E-state index contributed by atoms with van der Waals surface area (Å²) < 4.78 is 36.3. The zero-order valence-electron chi connectivity index (χ0n) is 14.1. The van der Waals surface area contributed by atoms with E-state index in [2.05, 4.69) is 9.47 Å². The third-order valence-corrected chi connectivity index (χ3v) is 4.79. The molecular weight excluding hydrogens is 354 g/mol. The fourth-order valence-electron chi connectivity index (χ4n) is 1.97. The van der Waals surface area contributed by atoms with Crippen LogP contribution in [0.15, 0.2) is 23.1 Å². The Morgan fingerprint density at radius 2 is 1.64 bits per heavy atom. The van der Waals surface area contributed by atoms with Gasteiger partial charge in [0.05, 0.1) is 30.2 Å². The number of carbonyl (C=O) groups is 3. The van der Waals surface area contributed by atoms with Crippen molar-refractivity contribution in [3.05, 3.63) is 29.3 Å². The average molecular weight is 373 g/mol. The predicted octanol–water partition coefficient (Wildman–Crippen LogP) is 0.647. The van der Waals surface area contributed by atoms with Crippen LogP contribution in [0.25, 0.3) is 0 Å². The molecule has 1 aromatic carbocycles. The van der Waals surface area contributed by atoms with Crippen molar-refractivity contribution in [2.24, 2.45) is 5.92 Å². The minimum absolute atomic E-state index is 0.119. The first-order valence-electron chi connectivity index (χ1n) is 7.11. The van der Waals surface area contributed by atoms with Gasteiger partial charge in [0.1, 0.15) is 6.04 Å². The molecule has 2 N–H and O–H groups in total. The summed E-state index contributed by atoms with van der Waals surface area (Å²) >= 11 is 0. The van der Waals surface area contributed by atoms with Crippen LogP contribution in [0, 0.1) is 5.92 Å². The summed E-state index contributed by atoms with van der Waals surface area (Å²) in [5.41, 5.74) is -0.456. The Bertz CT molecular complexity index is 785. The van der Waals surface area contributed by atoms with Gasteiger partial charge in [0.15, 0.2) is 0 Å². The van der Waals surface area contributed by atoms with Crippen molar-refractivity contribution in [2.75, 3.05) is 14.2 Å². The maximum Gasteiger partial charge on any atom is 0.339 e. The maximum atomic E-state index is 12.6. The minimum Gasteiger partial charge on any atom is -0.480 e. The van der Waals surface area contributed by atoms with Crippen LogP contribution >= 0.6 is 0 Å². The van der Waals surface area contributed by atoms with Gasteiger partial charge in [-0.15, -0.1) is 0 Å². The molecule has 25 heavy (non-hydrogen) atoms. The van der Waals surface area contributed by atoms with Crippen molar-refractivity contribution >= 4 is 27.9 Å². The second kappa shape index (κ2) is 8.08. The highest BCUT2D eigenvalue weighted by Gasteiger charge is 2.31.